The average Bonchev–Trinajstić information content (AvgIpc) is 1.69. The standard InChI is InChI=1S/C6H13OS/c1-4-6(5-7)8(2)3/h5-6H,4H2,1-3H3/q+1. The van der Waals surface area contributed by atoms with Gasteiger partial charge in [0.2, 0.25) is 0 Å². The third-order valence-corrected chi connectivity index (χ3v) is 2.82. The molecule has 0 saturated carbocycles. The molecule has 0 aromatic heterocycles. The van der Waals surface area contributed by atoms with Crippen molar-refractivity contribution in [2.45, 2.75) is 18.6 Å². The SMILES string of the molecule is CCC(C=O)[S+](C)C. The molecule has 0 aliphatic rings. The molecule has 0 bridgehead atoms. The summed E-state index contributed by atoms with van der Waals surface area (Å²) < 4.78 is 0. The van der Waals surface area contributed by atoms with E-state index < -0.39 is 0 Å². The van der Waals surface area contributed by atoms with Crippen LogP contribution in [0.2, 0.25) is 0 Å². The van der Waals surface area contributed by atoms with E-state index in [0.29, 0.717) is 5.25 Å². The van der Waals surface area contributed by atoms with Gasteiger partial charge in [-0.05, 0) is 17.3 Å². The predicted molar refractivity (Wildman–Crippen MR) is 39.4 cm³/mol. The molecule has 0 aromatic carbocycles. The van der Waals surface area contributed by atoms with Crippen LogP contribution in [-0.2, 0) is 15.7 Å². The Balaban J connectivity index is 3.51. The monoisotopic (exact) mass is 133 g/mol. The first-order valence-electron chi connectivity index (χ1n) is 2.74. The first kappa shape index (κ1) is 8.02. The second-order valence-electron chi connectivity index (χ2n) is 1.96. The Labute approximate surface area is 53.8 Å². The molecule has 0 saturated heterocycles. The molecule has 1 nitrogen and oxygen atoms in total. The summed E-state index contributed by atoms with van der Waals surface area (Å²) in [5, 5.41) is 0.301. The quantitative estimate of drug-likeness (QED) is 0.412. The van der Waals surface area contributed by atoms with E-state index in [9.17, 15) is 4.79 Å². The lowest BCUT2D eigenvalue weighted by molar-refractivity contribution is -0.107. The molecule has 48 valence electrons. The van der Waals surface area contributed by atoms with E-state index in [2.05, 4.69) is 12.5 Å². The second kappa shape index (κ2) is 3.96. The van der Waals surface area contributed by atoms with E-state index in [4.69, 9.17) is 0 Å². The Morgan fingerprint density at radius 2 is 2.12 bits per heavy atom. The maximum absolute atomic E-state index is 10.2. The zero-order valence-corrected chi connectivity index (χ0v) is 6.49. The molecule has 0 amide bonds. The smallest absolute Gasteiger partial charge is 0.172 e. The molecule has 0 spiro atoms. The van der Waals surface area contributed by atoms with E-state index in [0.717, 1.165) is 12.7 Å². The molecular weight excluding hydrogens is 120 g/mol. The Bertz CT molecular complexity index is 70.9. The van der Waals surface area contributed by atoms with Gasteiger partial charge in [-0.15, -0.1) is 0 Å². The van der Waals surface area contributed by atoms with Gasteiger partial charge in [0.05, 0.1) is 12.5 Å². The molecule has 2 heteroatoms. The summed E-state index contributed by atoms with van der Waals surface area (Å²) in [7, 11) is 0.279. The molecular formula is C6H13OS+. The number of rotatable bonds is 3. The maximum atomic E-state index is 10.2. The van der Waals surface area contributed by atoms with Gasteiger partial charge in [0.25, 0.3) is 0 Å². The van der Waals surface area contributed by atoms with Crippen molar-refractivity contribution in [3.05, 3.63) is 0 Å². The van der Waals surface area contributed by atoms with Crippen LogP contribution in [0.5, 0.6) is 0 Å². The maximum Gasteiger partial charge on any atom is 0.172 e. The van der Waals surface area contributed by atoms with Crippen LogP contribution in [0.15, 0.2) is 0 Å². The number of aldehydes is 1. The van der Waals surface area contributed by atoms with Crippen LogP contribution in [0.3, 0.4) is 0 Å². The van der Waals surface area contributed by atoms with Gasteiger partial charge in [-0.25, -0.2) is 0 Å². The van der Waals surface area contributed by atoms with E-state index in [1.165, 1.54) is 0 Å². The van der Waals surface area contributed by atoms with Crippen LogP contribution >= 0.6 is 0 Å². The van der Waals surface area contributed by atoms with Crippen molar-refractivity contribution in [1.29, 1.82) is 0 Å². The van der Waals surface area contributed by atoms with Gasteiger partial charge in [-0.3, -0.25) is 4.79 Å². The summed E-state index contributed by atoms with van der Waals surface area (Å²) in [6.45, 7) is 2.05. The van der Waals surface area contributed by atoms with Gasteiger partial charge in [-0.2, -0.15) is 0 Å². The van der Waals surface area contributed by atoms with Crippen LogP contribution < -0.4 is 0 Å². The van der Waals surface area contributed by atoms with Gasteiger partial charge < -0.3 is 0 Å². The molecule has 1 unspecified atom stereocenters. The van der Waals surface area contributed by atoms with Crippen LogP contribution in [-0.4, -0.2) is 24.0 Å². The molecule has 0 aromatic rings. The van der Waals surface area contributed by atoms with E-state index in [-0.39, 0.29) is 10.9 Å². The number of hydrogen-bond donors (Lipinski definition) is 0. The molecule has 0 rings (SSSR count). The third-order valence-electron chi connectivity index (χ3n) is 1.16. The van der Waals surface area contributed by atoms with Gasteiger partial charge in [0, 0.05) is 0 Å². The van der Waals surface area contributed by atoms with Crippen molar-refractivity contribution in [3.8, 4) is 0 Å². The molecule has 0 aliphatic heterocycles. The summed E-state index contributed by atoms with van der Waals surface area (Å²) in [6.07, 6.45) is 6.24. The Morgan fingerprint density at radius 3 is 2.12 bits per heavy atom. The minimum atomic E-state index is 0.279. The fraction of sp³-hybridized carbons (Fsp3) is 0.833. The zero-order chi connectivity index (χ0) is 6.57. The van der Waals surface area contributed by atoms with Gasteiger partial charge in [0.1, 0.15) is 0 Å². The van der Waals surface area contributed by atoms with Gasteiger partial charge in [-0.1, -0.05) is 6.92 Å². The van der Waals surface area contributed by atoms with Crippen molar-refractivity contribution in [2.24, 2.45) is 0 Å². The highest BCUT2D eigenvalue weighted by molar-refractivity contribution is 7.96. The van der Waals surface area contributed by atoms with Crippen molar-refractivity contribution in [1.82, 2.24) is 0 Å². The third kappa shape index (κ3) is 2.36. The van der Waals surface area contributed by atoms with Crippen molar-refractivity contribution >= 4 is 17.2 Å². The highest BCUT2D eigenvalue weighted by Crippen LogP contribution is 1.99. The molecule has 1 atom stereocenters. The van der Waals surface area contributed by atoms with Crippen molar-refractivity contribution in [2.75, 3.05) is 12.5 Å². The Morgan fingerprint density at radius 1 is 1.62 bits per heavy atom. The zero-order valence-electron chi connectivity index (χ0n) is 5.68. The number of carbonyl (C=O) groups is 1. The average molecular weight is 133 g/mol. The fourth-order valence-corrected chi connectivity index (χ4v) is 1.43. The lowest BCUT2D eigenvalue weighted by Gasteiger charge is -2.00. The first-order valence-corrected chi connectivity index (χ1v) is 4.84. The van der Waals surface area contributed by atoms with Crippen molar-refractivity contribution in [3.63, 3.8) is 0 Å². The topological polar surface area (TPSA) is 17.1 Å². The summed E-state index contributed by atoms with van der Waals surface area (Å²) >= 11 is 0. The van der Waals surface area contributed by atoms with Crippen LogP contribution in [0, 0.1) is 0 Å². The largest absolute Gasteiger partial charge is 0.298 e. The highest BCUT2D eigenvalue weighted by atomic mass is 32.2. The molecule has 0 aliphatic carbocycles. The highest BCUT2D eigenvalue weighted by Gasteiger charge is 2.16. The molecule has 8 heavy (non-hydrogen) atoms. The van der Waals surface area contributed by atoms with Crippen LogP contribution in [0.4, 0.5) is 0 Å². The lowest BCUT2D eigenvalue weighted by Crippen LogP contribution is -2.18. The second-order valence-corrected chi connectivity index (χ2v) is 4.33. The molecule has 0 fully saturated rings. The lowest BCUT2D eigenvalue weighted by atomic mass is 10.4. The summed E-state index contributed by atoms with van der Waals surface area (Å²) in [5.41, 5.74) is 0. The molecule has 0 N–H and O–H groups in total. The van der Waals surface area contributed by atoms with Gasteiger partial charge in [0.15, 0.2) is 11.5 Å². The number of carbonyl (C=O) groups excluding carboxylic acids is 1. The fourth-order valence-electron chi connectivity index (χ4n) is 0.541. The summed E-state index contributed by atoms with van der Waals surface area (Å²) in [4.78, 5) is 10.2. The summed E-state index contributed by atoms with van der Waals surface area (Å²) in [5.74, 6) is 0. The predicted octanol–water partition coefficient (Wildman–Crippen LogP) is 0.842. The Kier molecular flexibility index (Phi) is 3.97. The minimum Gasteiger partial charge on any atom is -0.298 e. The van der Waals surface area contributed by atoms with Crippen LogP contribution in [0.25, 0.3) is 0 Å². The molecule has 0 radical (unpaired) electrons. The van der Waals surface area contributed by atoms with E-state index >= 15 is 0 Å². The minimum absolute atomic E-state index is 0.279. The number of hydrogen-bond acceptors (Lipinski definition) is 1. The first-order chi connectivity index (χ1) is 3.72. The Hall–Kier alpha value is 0.0200. The van der Waals surface area contributed by atoms with E-state index in [1.807, 2.05) is 6.92 Å². The van der Waals surface area contributed by atoms with Gasteiger partial charge >= 0.3 is 0 Å². The molecule has 0 heterocycles. The van der Waals surface area contributed by atoms with E-state index in [1.54, 1.807) is 0 Å². The van der Waals surface area contributed by atoms with Crippen LogP contribution in [0.1, 0.15) is 13.3 Å². The normalized spacial score (nSPS) is 14.0. The van der Waals surface area contributed by atoms with Crippen molar-refractivity contribution < 1.29 is 4.79 Å². The summed E-state index contributed by atoms with van der Waals surface area (Å²) in [6, 6.07) is 0.